The molecule has 0 aliphatic heterocycles. The van der Waals surface area contributed by atoms with Gasteiger partial charge in [0.2, 0.25) is 0 Å². The number of hydrogen-bond acceptors (Lipinski definition) is 3. The van der Waals surface area contributed by atoms with Gasteiger partial charge >= 0.3 is 0 Å². The molecule has 0 aromatic heterocycles. The van der Waals surface area contributed by atoms with Crippen LogP contribution in [0.2, 0.25) is 5.02 Å². The molecule has 0 heterocycles. The van der Waals surface area contributed by atoms with E-state index in [0.717, 1.165) is 29.0 Å². The number of rotatable bonds is 4. The average molecular weight is 278 g/mol. The second-order valence-corrected chi connectivity index (χ2v) is 4.63. The van der Waals surface area contributed by atoms with E-state index in [9.17, 15) is 0 Å². The van der Waals surface area contributed by atoms with Gasteiger partial charge in [0.25, 0.3) is 0 Å². The molecular weight excluding hydrogens is 262 g/mol. The van der Waals surface area contributed by atoms with Crippen molar-refractivity contribution in [1.29, 1.82) is 0 Å². The summed E-state index contributed by atoms with van der Waals surface area (Å²) in [5, 5.41) is 0.580. The van der Waals surface area contributed by atoms with Crippen molar-refractivity contribution in [2.75, 3.05) is 20.0 Å². The highest BCUT2D eigenvalue weighted by Crippen LogP contribution is 2.29. The summed E-state index contributed by atoms with van der Waals surface area (Å²) >= 11 is 5.91. The van der Waals surface area contributed by atoms with Crippen molar-refractivity contribution >= 4 is 17.3 Å². The maximum Gasteiger partial charge on any atom is 0.160 e. The summed E-state index contributed by atoms with van der Waals surface area (Å²) in [7, 11) is 3.25. The fourth-order valence-corrected chi connectivity index (χ4v) is 2.05. The van der Waals surface area contributed by atoms with Crippen LogP contribution in [0.25, 0.3) is 0 Å². The highest BCUT2D eigenvalue weighted by atomic mass is 35.5. The molecule has 2 aromatic carbocycles. The minimum atomic E-state index is 0.580. The first kappa shape index (κ1) is 13.6. The van der Waals surface area contributed by atoms with Gasteiger partial charge in [-0.2, -0.15) is 0 Å². The van der Waals surface area contributed by atoms with Gasteiger partial charge in [-0.3, -0.25) is 0 Å². The Labute approximate surface area is 117 Å². The van der Waals surface area contributed by atoms with E-state index in [1.165, 1.54) is 0 Å². The normalized spacial score (nSPS) is 10.3. The molecule has 0 fully saturated rings. The van der Waals surface area contributed by atoms with Crippen LogP contribution in [0.4, 0.5) is 5.69 Å². The third-order valence-corrected chi connectivity index (χ3v) is 3.26. The zero-order valence-electron chi connectivity index (χ0n) is 10.9. The first-order chi connectivity index (χ1) is 9.13. The number of nitrogens with two attached hydrogens (primary N) is 1. The molecule has 0 aliphatic rings. The number of nitrogen functional groups attached to an aromatic ring is 1. The highest BCUT2D eigenvalue weighted by molar-refractivity contribution is 6.33. The fraction of sp³-hybridized carbons (Fsp3) is 0.200. The summed E-state index contributed by atoms with van der Waals surface area (Å²) in [5.74, 6) is 1.45. The van der Waals surface area contributed by atoms with Crippen LogP contribution in [0, 0.1) is 0 Å². The van der Waals surface area contributed by atoms with Crippen LogP contribution in [-0.2, 0) is 6.42 Å². The maximum absolute atomic E-state index is 5.91. The molecule has 2 aromatic rings. The van der Waals surface area contributed by atoms with Crippen molar-refractivity contribution in [2.45, 2.75) is 6.42 Å². The molecule has 3 nitrogen and oxygen atoms in total. The second kappa shape index (κ2) is 5.85. The van der Waals surface area contributed by atoms with Crippen molar-refractivity contribution in [2.24, 2.45) is 0 Å². The molecular formula is C15H16ClNO2. The van der Waals surface area contributed by atoms with Crippen LogP contribution in [-0.4, -0.2) is 14.2 Å². The van der Waals surface area contributed by atoms with E-state index in [1.807, 2.05) is 36.4 Å². The molecule has 2 rings (SSSR count). The second-order valence-electron chi connectivity index (χ2n) is 4.22. The van der Waals surface area contributed by atoms with E-state index in [-0.39, 0.29) is 0 Å². The molecule has 2 N–H and O–H groups in total. The number of anilines is 1. The van der Waals surface area contributed by atoms with Crippen LogP contribution >= 0.6 is 11.6 Å². The summed E-state index contributed by atoms with van der Waals surface area (Å²) in [4.78, 5) is 0. The lowest BCUT2D eigenvalue weighted by Crippen LogP contribution is -1.95. The molecule has 0 saturated heterocycles. The van der Waals surface area contributed by atoms with Crippen molar-refractivity contribution < 1.29 is 9.47 Å². The Morgan fingerprint density at radius 1 is 0.947 bits per heavy atom. The molecule has 0 saturated carbocycles. The number of hydrogen-bond donors (Lipinski definition) is 1. The first-order valence-corrected chi connectivity index (χ1v) is 6.26. The van der Waals surface area contributed by atoms with Gasteiger partial charge in [0.1, 0.15) is 0 Å². The summed E-state index contributed by atoms with van der Waals surface area (Å²) in [6.45, 7) is 0. The lowest BCUT2D eigenvalue weighted by atomic mass is 10.0. The number of halogens is 1. The Bertz CT molecular complexity index is 584. The Hall–Kier alpha value is -1.87. The smallest absolute Gasteiger partial charge is 0.160 e. The summed E-state index contributed by atoms with van der Waals surface area (Å²) in [5.41, 5.74) is 8.63. The largest absolute Gasteiger partial charge is 0.493 e. The van der Waals surface area contributed by atoms with Crippen molar-refractivity contribution in [3.05, 3.63) is 52.5 Å². The van der Waals surface area contributed by atoms with Gasteiger partial charge in [-0.25, -0.2) is 0 Å². The predicted octanol–water partition coefficient (Wildman–Crippen LogP) is 3.53. The van der Waals surface area contributed by atoms with E-state index < -0.39 is 0 Å². The molecule has 0 spiro atoms. The molecule has 0 unspecified atom stereocenters. The van der Waals surface area contributed by atoms with E-state index in [2.05, 4.69) is 0 Å². The van der Waals surface area contributed by atoms with E-state index in [0.29, 0.717) is 10.7 Å². The van der Waals surface area contributed by atoms with Crippen LogP contribution in [0.5, 0.6) is 11.5 Å². The van der Waals surface area contributed by atoms with Crippen LogP contribution in [0.3, 0.4) is 0 Å². The Morgan fingerprint density at radius 3 is 2.21 bits per heavy atom. The highest BCUT2D eigenvalue weighted by Gasteiger charge is 2.06. The zero-order valence-corrected chi connectivity index (χ0v) is 11.7. The third-order valence-electron chi connectivity index (χ3n) is 2.92. The predicted molar refractivity (Wildman–Crippen MR) is 78.2 cm³/mol. The van der Waals surface area contributed by atoms with Gasteiger partial charge < -0.3 is 15.2 Å². The van der Waals surface area contributed by atoms with Crippen molar-refractivity contribution in [3.8, 4) is 11.5 Å². The quantitative estimate of drug-likeness (QED) is 0.870. The van der Waals surface area contributed by atoms with Gasteiger partial charge in [0.15, 0.2) is 11.5 Å². The van der Waals surface area contributed by atoms with Gasteiger partial charge in [-0.1, -0.05) is 23.7 Å². The third kappa shape index (κ3) is 3.12. The Balaban J connectivity index is 2.25. The Morgan fingerprint density at radius 2 is 1.58 bits per heavy atom. The lowest BCUT2D eigenvalue weighted by Gasteiger charge is -2.10. The van der Waals surface area contributed by atoms with E-state index in [4.69, 9.17) is 26.8 Å². The minimum absolute atomic E-state index is 0.580. The number of methoxy groups -OCH3 is 2. The molecule has 0 atom stereocenters. The maximum atomic E-state index is 5.91. The van der Waals surface area contributed by atoms with Gasteiger partial charge in [-0.05, 0) is 41.8 Å². The summed E-state index contributed by atoms with van der Waals surface area (Å²) in [6.07, 6.45) is 0.766. The number of benzene rings is 2. The zero-order chi connectivity index (χ0) is 13.8. The van der Waals surface area contributed by atoms with Crippen LogP contribution in [0.1, 0.15) is 11.1 Å². The van der Waals surface area contributed by atoms with Crippen LogP contribution < -0.4 is 15.2 Å². The van der Waals surface area contributed by atoms with E-state index >= 15 is 0 Å². The summed E-state index contributed by atoms with van der Waals surface area (Å²) < 4.78 is 10.5. The first-order valence-electron chi connectivity index (χ1n) is 5.89. The fourth-order valence-electron chi connectivity index (χ4n) is 1.93. The van der Waals surface area contributed by atoms with Gasteiger partial charge in [0, 0.05) is 0 Å². The SMILES string of the molecule is COc1ccc(Cc2ccc(Cl)c(N)c2)cc1OC. The molecule has 4 heteroatoms. The van der Waals surface area contributed by atoms with Crippen LogP contribution in [0.15, 0.2) is 36.4 Å². The minimum Gasteiger partial charge on any atom is -0.493 e. The van der Waals surface area contributed by atoms with Crippen molar-refractivity contribution in [1.82, 2.24) is 0 Å². The topological polar surface area (TPSA) is 44.5 Å². The molecule has 0 radical (unpaired) electrons. The molecule has 19 heavy (non-hydrogen) atoms. The standard InChI is InChI=1S/C15H16ClNO2/c1-18-14-6-4-11(9-15(14)19-2)7-10-3-5-12(16)13(17)8-10/h3-6,8-9H,7,17H2,1-2H3. The molecule has 0 aliphatic carbocycles. The van der Waals surface area contributed by atoms with E-state index in [1.54, 1.807) is 14.2 Å². The summed E-state index contributed by atoms with van der Waals surface area (Å²) in [6, 6.07) is 11.5. The average Bonchev–Trinajstić information content (AvgIpc) is 2.43. The number of ether oxygens (including phenoxy) is 2. The Kier molecular flexibility index (Phi) is 4.17. The lowest BCUT2D eigenvalue weighted by molar-refractivity contribution is 0.354. The monoisotopic (exact) mass is 277 g/mol. The van der Waals surface area contributed by atoms with Gasteiger partial charge in [-0.15, -0.1) is 0 Å². The van der Waals surface area contributed by atoms with Crippen molar-refractivity contribution in [3.63, 3.8) is 0 Å². The molecule has 0 amide bonds. The molecule has 100 valence electrons. The molecule has 0 bridgehead atoms. The van der Waals surface area contributed by atoms with Gasteiger partial charge in [0.05, 0.1) is 24.9 Å².